The van der Waals surface area contributed by atoms with Gasteiger partial charge in [-0.2, -0.15) is 18.3 Å². The molecule has 3 rings (SSSR count). The number of ether oxygens (including phenoxy) is 1. The third-order valence-electron chi connectivity index (χ3n) is 7.63. The number of aryl methyl sites for hydroxylation is 2. The third kappa shape index (κ3) is 7.09. The standard InChI is InChI=1S/C26H36ClF3N4O5S/c1-6-34-22(18-14-31-16(13-19(18)39-4)7-10-24(2,3)26(28,29)30)20(27)21(33-34)23(35)32-15-25(36)11-8-17(9-12-25)40(5,37)38/h13-14,17,36H,6-12,15H2,1-5H3,(H,32,35)/t17-,25+. The van der Waals surface area contributed by atoms with Crippen molar-refractivity contribution in [1.29, 1.82) is 0 Å². The van der Waals surface area contributed by atoms with Gasteiger partial charge in [0.05, 0.1) is 39.7 Å². The van der Waals surface area contributed by atoms with E-state index in [0.29, 0.717) is 42.1 Å². The third-order valence-corrected chi connectivity index (χ3v) is 9.67. The van der Waals surface area contributed by atoms with Crippen molar-refractivity contribution >= 4 is 27.3 Å². The average Bonchev–Trinajstić information content (AvgIpc) is 3.21. The number of halogens is 4. The summed E-state index contributed by atoms with van der Waals surface area (Å²) in [4.78, 5) is 17.4. The highest BCUT2D eigenvalue weighted by Crippen LogP contribution is 2.42. The molecule has 0 saturated heterocycles. The van der Waals surface area contributed by atoms with E-state index in [2.05, 4.69) is 15.4 Å². The Hall–Kier alpha value is -2.38. The number of nitrogens with one attached hydrogen (secondary N) is 1. The molecule has 2 aromatic rings. The van der Waals surface area contributed by atoms with E-state index in [-0.39, 0.29) is 42.9 Å². The average molecular weight is 609 g/mol. The fourth-order valence-corrected chi connectivity index (χ4v) is 6.09. The smallest absolute Gasteiger partial charge is 0.393 e. The maximum atomic E-state index is 13.3. The summed E-state index contributed by atoms with van der Waals surface area (Å²) in [6.07, 6.45) is -0.759. The molecule has 9 nitrogen and oxygen atoms in total. The maximum Gasteiger partial charge on any atom is 0.393 e. The molecule has 1 amide bonds. The Balaban J connectivity index is 1.79. The number of alkyl halides is 3. The molecule has 1 fully saturated rings. The first kappa shape index (κ1) is 32.1. The predicted molar refractivity (Wildman–Crippen MR) is 145 cm³/mol. The zero-order chi connectivity index (χ0) is 30.1. The van der Waals surface area contributed by atoms with Crippen molar-refractivity contribution in [2.75, 3.05) is 19.9 Å². The van der Waals surface area contributed by atoms with Gasteiger partial charge in [-0.05, 0) is 45.4 Å². The number of rotatable bonds is 10. The normalized spacial score (nSPS) is 20.4. The number of hydrogen-bond donors (Lipinski definition) is 2. The minimum Gasteiger partial charge on any atom is -0.496 e. The molecule has 1 aliphatic carbocycles. The number of carbonyl (C=O) groups is 1. The lowest BCUT2D eigenvalue weighted by molar-refractivity contribution is -0.213. The van der Waals surface area contributed by atoms with E-state index in [0.717, 1.165) is 13.8 Å². The number of nitrogens with zero attached hydrogens (tertiary/aromatic N) is 3. The second-order valence-electron chi connectivity index (χ2n) is 11.0. The van der Waals surface area contributed by atoms with Crippen molar-refractivity contribution in [3.8, 4) is 17.0 Å². The lowest BCUT2D eigenvalue weighted by atomic mass is 9.84. The predicted octanol–water partition coefficient (Wildman–Crippen LogP) is 4.60. The number of hydrogen-bond acceptors (Lipinski definition) is 7. The Morgan fingerprint density at radius 2 is 1.93 bits per heavy atom. The molecule has 1 saturated carbocycles. The van der Waals surface area contributed by atoms with Crippen molar-refractivity contribution in [3.63, 3.8) is 0 Å². The Bertz CT molecular complexity index is 1340. The number of aliphatic hydroxyl groups is 1. The van der Waals surface area contributed by atoms with Crippen LogP contribution >= 0.6 is 11.6 Å². The van der Waals surface area contributed by atoms with Crippen LogP contribution in [0.1, 0.15) is 69.1 Å². The minimum atomic E-state index is -4.35. The van der Waals surface area contributed by atoms with E-state index in [1.165, 1.54) is 24.2 Å². The lowest BCUT2D eigenvalue weighted by Gasteiger charge is -2.35. The summed E-state index contributed by atoms with van der Waals surface area (Å²) in [5.74, 6) is -0.301. The van der Waals surface area contributed by atoms with Gasteiger partial charge in [-0.25, -0.2) is 8.42 Å². The van der Waals surface area contributed by atoms with Gasteiger partial charge in [0.25, 0.3) is 5.91 Å². The topological polar surface area (TPSA) is 123 Å². The highest BCUT2D eigenvalue weighted by atomic mass is 35.5. The molecule has 14 heteroatoms. The van der Waals surface area contributed by atoms with Crippen molar-refractivity contribution in [3.05, 3.63) is 28.7 Å². The summed E-state index contributed by atoms with van der Waals surface area (Å²) < 4.78 is 70.4. The molecule has 0 aromatic carbocycles. The minimum absolute atomic E-state index is 0.0261. The zero-order valence-corrected chi connectivity index (χ0v) is 24.8. The van der Waals surface area contributed by atoms with Gasteiger partial charge in [-0.1, -0.05) is 25.4 Å². The van der Waals surface area contributed by atoms with Gasteiger partial charge in [0.1, 0.15) is 15.6 Å². The zero-order valence-electron chi connectivity index (χ0n) is 23.2. The molecule has 2 heterocycles. The molecule has 1 aliphatic rings. The highest BCUT2D eigenvalue weighted by molar-refractivity contribution is 7.91. The fraction of sp³-hybridized carbons (Fsp3) is 0.654. The van der Waals surface area contributed by atoms with Gasteiger partial charge in [-0.3, -0.25) is 14.5 Å². The van der Waals surface area contributed by atoms with E-state index in [1.807, 2.05) is 0 Å². The van der Waals surface area contributed by atoms with Crippen LogP contribution in [-0.4, -0.2) is 71.1 Å². The number of carbonyl (C=O) groups excluding carboxylic acids is 1. The molecule has 0 bridgehead atoms. The first-order chi connectivity index (χ1) is 18.4. The summed E-state index contributed by atoms with van der Waals surface area (Å²) in [7, 11) is -1.79. The van der Waals surface area contributed by atoms with Gasteiger partial charge in [0.15, 0.2) is 5.69 Å². The number of aromatic nitrogens is 3. The summed E-state index contributed by atoms with van der Waals surface area (Å²) in [6.45, 7) is 4.32. The Labute approximate surface area is 237 Å². The van der Waals surface area contributed by atoms with Gasteiger partial charge in [0, 0.05) is 37.3 Å². The fourth-order valence-electron chi connectivity index (χ4n) is 4.68. The van der Waals surface area contributed by atoms with E-state index in [1.54, 1.807) is 13.0 Å². The summed E-state index contributed by atoms with van der Waals surface area (Å²) in [5.41, 5.74) is -2.03. The van der Waals surface area contributed by atoms with E-state index in [4.69, 9.17) is 16.3 Å². The van der Waals surface area contributed by atoms with Crippen LogP contribution < -0.4 is 10.1 Å². The van der Waals surface area contributed by atoms with Crippen LogP contribution in [0.15, 0.2) is 12.3 Å². The van der Waals surface area contributed by atoms with Crippen LogP contribution in [-0.2, 0) is 22.8 Å². The van der Waals surface area contributed by atoms with Crippen LogP contribution in [0, 0.1) is 5.41 Å². The van der Waals surface area contributed by atoms with Crippen molar-refractivity contribution in [1.82, 2.24) is 20.1 Å². The molecule has 0 unspecified atom stereocenters. The van der Waals surface area contributed by atoms with Gasteiger partial charge >= 0.3 is 6.18 Å². The second-order valence-corrected chi connectivity index (χ2v) is 13.7. The molecule has 224 valence electrons. The summed E-state index contributed by atoms with van der Waals surface area (Å²) >= 11 is 6.62. The largest absolute Gasteiger partial charge is 0.496 e. The number of pyridine rings is 1. The second kappa shape index (κ2) is 11.8. The monoisotopic (exact) mass is 608 g/mol. The highest BCUT2D eigenvalue weighted by Gasteiger charge is 2.46. The Morgan fingerprint density at radius 1 is 1.30 bits per heavy atom. The maximum absolute atomic E-state index is 13.3. The summed E-state index contributed by atoms with van der Waals surface area (Å²) in [5, 5.41) is 17.4. The van der Waals surface area contributed by atoms with Crippen molar-refractivity contribution in [2.24, 2.45) is 5.41 Å². The number of sulfone groups is 1. The van der Waals surface area contributed by atoms with E-state index < -0.39 is 38.2 Å². The number of methoxy groups -OCH3 is 1. The molecule has 40 heavy (non-hydrogen) atoms. The first-order valence-corrected chi connectivity index (χ1v) is 15.3. The molecule has 0 atom stereocenters. The van der Waals surface area contributed by atoms with E-state index in [9.17, 15) is 31.5 Å². The Kier molecular flexibility index (Phi) is 9.52. The lowest BCUT2D eigenvalue weighted by Crippen LogP contribution is -2.47. The molecular formula is C26H36ClF3N4O5S. The van der Waals surface area contributed by atoms with Gasteiger partial charge in [0.2, 0.25) is 0 Å². The molecule has 2 aromatic heterocycles. The van der Waals surface area contributed by atoms with Crippen molar-refractivity contribution in [2.45, 2.75) is 82.9 Å². The molecule has 0 radical (unpaired) electrons. The van der Waals surface area contributed by atoms with Gasteiger partial charge < -0.3 is 15.2 Å². The summed E-state index contributed by atoms with van der Waals surface area (Å²) in [6, 6.07) is 1.55. The van der Waals surface area contributed by atoms with Crippen LogP contribution in [0.5, 0.6) is 5.75 Å². The molecule has 2 N–H and O–H groups in total. The van der Waals surface area contributed by atoms with E-state index >= 15 is 0 Å². The Morgan fingerprint density at radius 3 is 2.45 bits per heavy atom. The first-order valence-electron chi connectivity index (χ1n) is 13.0. The molecular weight excluding hydrogens is 573 g/mol. The van der Waals surface area contributed by atoms with Crippen LogP contribution in [0.2, 0.25) is 5.02 Å². The van der Waals surface area contributed by atoms with Crippen molar-refractivity contribution < 1.29 is 36.2 Å². The molecule has 0 spiro atoms. The van der Waals surface area contributed by atoms with Crippen LogP contribution in [0.3, 0.4) is 0 Å². The van der Waals surface area contributed by atoms with Gasteiger partial charge in [-0.15, -0.1) is 0 Å². The quantitative estimate of drug-likeness (QED) is 0.404. The SMILES string of the molecule is CCn1nc(C(=O)NC[C@]2(O)CC[C@@H](S(C)(=O)=O)CC2)c(Cl)c1-c1cnc(CCC(C)(C)C(F)(F)F)cc1OC. The number of amides is 1. The molecule has 0 aliphatic heterocycles. The van der Waals surface area contributed by atoms with Crippen LogP contribution in [0.25, 0.3) is 11.3 Å². The van der Waals surface area contributed by atoms with Crippen LogP contribution in [0.4, 0.5) is 13.2 Å².